The number of imide groups is 2. The normalized spacial score (nSPS) is 35.5. The van der Waals surface area contributed by atoms with Crippen molar-refractivity contribution >= 4 is 17.8 Å². The Bertz CT molecular complexity index is 358. The summed E-state index contributed by atoms with van der Waals surface area (Å²) in [6.45, 7) is 2.02. The van der Waals surface area contributed by atoms with Crippen LogP contribution in [0.1, 0.15) is 26.2 Å². The molecule has 1 saturated heterocycles. The monoisotopic (exact) mass is 228 g/mol. The summed E-state index contributed by atoms with van der Waals surface area (Å²) in [4.78, 5) is 34.7. The number of barbiturate groups is 1. The number of amides is 4. The average molecular weight is 228 g/mol. The van der Waals surface area contributed by atoms with Crippen LogP contribution in [0.15, 0.2) is 0 Å². The molecule has 3 atom stereocenters. The molecule has 5 nitrogen and oxygen atoms in total. The number of halogens is 1. The van der Waals surface area contributed by atoms with Gasteiger partial charge in [-0.2, -0.15) is 0 Å². The van der Waals surface area contributed by atoms with Gasteiger partial charge in [0.1, 0.15) is 0 Å². The van der Waals surface area contributed by atoms with Crippen LogP contribution in [0.25, 0.3) is 0 Å². The van der Waals surface area contributed by atoms with Gasteiger partial charge in [-0.1, -0.05) is 6.92 Å². The summed E-state index contributed by atoms with van der Waals surface area (Å²) in [5.74, 6) is -1.76. The van der Waals surface area contributed by atoms with Gasteiger partial charge in [-0.15, -0.1) is 0 Å². The summed E-state index contributed by atoms with van der Waals surface area (Å²) in [5.41, 5.74) is 0. The molecule has 1 aliphatic heterocycles. The van der Waals surface area contributed by atoms with Crippen molar-refractivity contribution in [1.29, 1.82) is 0 Å². The van der Waals surface area contributed by atoms with Crippen LogP contribution in [0.5, 0.6) is 0 Å². The number of rotatable bonds is 1. The predicted octanol–water partition coefficient (Wildman–Crippen LogP) is 0.591. The number of alkyl halides is 1. The summed E-state index contributed by atoms with van der Waals surface area (Å²) >= 11 is 0. The zero-order valence-corrected chi connectivity index (χ0v) is 8.90. The Morgan fingerprint density at radius 3 is 2.56 bits per heavy atom. The highest BCUT2D eigenvalue weighted by Gasteiger charge is 2.45. The maximum Gasteiger partial charge on any atom is 0.331 e. The Hall–Kier alpha value is -1.46. The van der Waals surface area contributed by atoms with E-state index >= 15 is 0 Å². The third kappa shape index (κ3) is 1.68. The molecule has 1 saturated carbocycles. The van der Waals surface area contributed by atoms with Crippen molar-refractivity contribution in [1.82, 2.24) is 10.2 Å². The first-order valence-electron chi connectivity index (χ1n) is 5.32. The molecule has 0 aromatic carbocycles. The van der Waals surface area contributed by atoms with Crippen LogP contribution in [0.2, 0.25) is 0 Å². The maximum atomic E-state index is 13.2. The first-order chi connectivity index (χ1) is 7.50. The molecule has 2 fully saturated rings. The highest BCUT2D eigenvalue weighted by atomic mass is 19.1. The van der Waals surface area contributed by atoms with Crippen LogP contribution in [0.3, 0.4) is 0 Å². The van der Waals surface area contributed by atoms with Gasteiger partial charge in [0.05, 0.1) is 0 Å². The van der Waals surface area contributed by atoms with E-state index < -0.39 is 24.0 Å². The van der Waals surface area contributed by atoms with E-state index in [1.807, 2.05) is 12.2 Å². The van der Waals surface area contributed by atoms with Gasteiger partial charge in [-0.3, -0.25) is 19.8 Å². The van der Waals surface area contributed by atoms with Crippen molar-refractivity contribution in [3.63, 3.8) is 0 Å². The van der Waals surface area contributed by atoms with E-state index in [4.69, 9.17) is 0 Å². The minimum Gasteiger partial charge on any atom is -0.275 e. The van der Waals surface area contributed by atoms with E-state index in [0.717, 1.165) is 11.3 Å². The summed E-state index contributed by atoms with van der Waals surface area (Å²) in [5, 5.41) is 1.85. The lowest BCUT2D eigenvalue weighted by Gasteiger charge is -2.31. The molecular formula is C10H13FN2O3. The number of nitrogens with one attached hydrogen (secondary N) is 1. The fraction of sp³-hybridized carbons (Fsp3) is 0.700. The third-order valence-electron chi connectivity index (χ3n) is 3.17. The van der Waals surface area contributed by atoms with Crippen LogP contribution < -0.4 is 5.32 Å². The fourth-order valence-electron chi connectivity index (χ4n) is 2.32. The molecule has 4 amide bonds. The average Bonchev–Trinajstić information content (AvgIpc) is 2.61. The molecule has 0 aromatic heterocycles. The minimum absolute atomic E-state index is 0.270. The van der Waals surface area contributed by atoms with E-state index in [-0.39, 0.29) is 6.04 Å². The minimum atomic E-state index is -2.24. The summed E-state index contributed by atoms with van der Waals surface area (Å²) in [6, 6.07) is -1.06. The van der Waals surface area contributed by atoms with Gasteiger partial charge < -0.3 is 0 Å². The molecule has 1 N–H and O–H groups in total. The lowest BCUT2D eigenvalue weighted by molar-refractivity contribution is -0.145. The molecule has 16 heavy (non-hydrogen) atoms. The van der Waals surface area contributed by atoms with Crippen molar-refractivity contribution in [2.45, 2.75) is 38.4 Å². The quantitative estimate of drug-likeness (QED) is 0.668. The molecule has 6 heteroatoms. The van der Waals surface area contributed by atoms with Crippen molar-refractivity contribution in [3.05, 3.63) is 0 Å². The van der Waals surface area contributed by atoms with E-state index in [2.05, 4.69) is 0 Å². The molecule has 88 valence electrons. The molecule has 0 spiro atoms. The zero-order valence-electron chi connectivity index (χ0n) is 8.90. The number of urea groups is 1. The molecule has 0 radical (unpaired) electrons. The molecule has 0 bridgehead atoms. The van der Waals surface area contributed by atoms with Gasteiger partial charge in [0.25, 0.3) is 18.0 Å². The van der Waals surface area contributed by atoms with Crippen molar-refractivity contribution in [2.75, 3.05) is 0 Å². The van der Waals surface area contributed by atoms with Gasteiger partial charge in [-0.25, -0.2) is 9.18 Å². The first-order valence-corrected chi connectivity index (χ1v) is 5.32. The van der Waals surface area contributed by atoms with Crippen LogP contribution >= 0.6 is 0 Å². The van der Waals surface area contributed by atoms with E-state index in [0.29, 0.717) is 18.8 Å². The van der Waals surface area contributed by atoms with Crippen LogP contribution in [0, 0.1) is 5.92 Å². The first kappa shape index (κ1) is 11.0. The van der Waals surface area contributed by atoms with Gasteiger partial charge in [0.15, 0.2) is 0 Å². The van der Waals surface area contributed by atoms with Gasteiger partial charge in [0.2, 0.25) is 0 Å². The lowest BCUT2D eigenvalue weighted by atomic mass is 10.1. The second-order valence-electron chi connectivity index (χ2n) is 4.44. The highest BCUT2D eigenvalue weighted by Crippen LogP contribution is 2.30. The standard InChI is InChI=1S/C10H13FN2O3/c1-5-2-3-6(4-5)13-9(15)7(11)8(14)12-10(13)16/h5-7H,2-4H2,1H3,(H,12,14,16). The predicted molar refractivity (Wildman–Crippen MR) is 52.1 cm³/mol. The molecule has 2 rings (SSSR count). The van der Waals surface area contributed by atoms with Crippen molar-refractivity contribution < 1.29 is 18.8 Å². The maximum absolute atomic E-state index is 13.2. The Balaban J connectivity index is 2.17. The van der Waals surface area contributed by atoms with Gasteiger partial charge in [-0.05, 0) is 25.2 Å². The number of carbonyl (C=O) groups is 3. The molecule has 1 aliphatic carbocycles. The highest BCUT2D eigenvalue weighted by molar-refractivity contribution is 6.18. The van der Waals surface area contributed by atoms with Crippen LogP contribution in [0.4, 0.5) is 9.18 Å². The van der Waals surface area contributed by atoms with Gasteiger partial charge >= 0.3 is 6.03 Å². The summed E-state index contributed by atoms with van der Waals surface area (Å²) < 4.78 is 13.2. The van der Waals surface area contributed by atoms with Crippen molar-refractivity contribution in [3.8, 4) is 0 Å². The number of carbonyl (C=O) groups excluding carboxylic acids is 3. The largest absolute Gasteiger partial charge is 0.331 e. The Morgan fingerprint density at radius 1 is 1.31 bits per heavy atom. The van der Waals surface area contributed by atoms with E-state index in [1.54, 1.807) is 0 Å². The summed E-state index contributed by atoms with van der Waals surface area (Å²) in [6.07, 6.45) is 0.0297. The van der Waals surface area contributed by atoms with E-state index in [9.17, 15) is 18.8 Å². The number of hydrogen-bond donors (Lipinski definition) is 1. The Kier molecular flexibility index (Phi) is 2.65. The van der Waals surface area contributed by atoms with E-state index in [1.165, 1.54) is 0 Å². The topological polar surface area (TPSA) is 66.5 Å². The number of nitrogens with zero attached hydrogens (tertiary/aromatic N) is 1. The Morgan fingerprint density at radius 2 is 2.00 bits per heavy atom. The zero-order chi connectivity index (χ0) is 11.9. The molecule has 0 aromatic rings. The lowest BCUT2D eigenvalue weighted by Crippen LogP contribution is -2.61. The van der Waals surface area contributed by atoms with Crippen LogP contribution in [-0.2, 0) is 9.59 Å². The van der Waals surface area contributed by atoms with Gasteiger partial charge in [0, 0.05) is 6.04 Å². The molecule has 2 aliphatic rings. The molecule has 1 heterocycles. The number of hydrogen-bond acceptors (Lipinski definition) is 3. The van der Waals surface area contributed by atoms with Crippen LogP contribution in [-0.4, -0.2) is 35.0 Å². The second kappa shape index (κ2) is 3.84. The Labute approximate surface area is 92.0 Å². The second-order valence-corrected chi connectivity index (χ2v) is 4.44. The SMILES string of the molecule is CC1CCC(N2C(=O)NC(=O)C(F)C2=O)C1. The fourth-order valence-corrected chi connectivity index (χ4v) is 2.32. The van der Waals surface area contributed by atoms with Crippen molar-refractivity contribution in [2.24, 2.45) is 5.92 Å². The smallest absolute Gasteiger partial charge is 0.275 e. The third-order valence-corrected chi connectivity index (χ3v) is 3.17. The molecular weight excluding hydrogens is 215 g/mol. The molecule has 3 unspecified atom stereocenters. The summed E-state index contributed by atoms with van der Waals surface area (Å²) in [7, 11) is 0.